The summed E-state index contributed by atoms with van der Waals surface area (Å²) in [6, 6.07) is 5.18. The summed E-state index contributed by atoms with van der Waals surface area (Å²) in [5, 5.41) is 1.77. The number of rotatable bonds is 4. The van der Waals surface area contributed by atoms with Crippen molar-refractivity contribution in [3.63, 3.8) is 0 Å². The predicted molar refractivity (Wildman–Crippen MR) is 72.3 cm³/mol. The molecule has 0 fully saturated rings. The highest BCUT2D eigenvalue weighted by Crippen LogP contribution is 2.23. The Balaban J connectivity index is 2.31. The number of esters is 1. The SMILES string of the molecule is CSc1ncnc2cc(C(=O)COC(C)=O)ccc12. The molecule has 0 bridgehead atoms. The van der Waals surface area contributed by atoms with Gasteiger partial charge >= 0.3 is 5.97 Å². The van der Waals surface area contributed by atoms with E-state index in [1.165, 1.54) is 25.0 Å². The van der Waals surface area contributed by atoms with Crippen molar-refractivity contribution in [2.45, 2.75) is 11.9 Å². The number of carbonyl (C=O) groups excluding carboxylic acids is 2. The molecule has 0 radical (unpaired) electrons. The minimum absolute atomic E-state index is 0.249. The molecule has 0 aliphatic rings. The molecule has 0 saturated carbocycles. The number of thioether (sulfide) groups is 1. The van der Waals surface area contributed by atoms with Crippen molar-refractivity contribution >= 4 is 34.4 Å². The largest absolute Gasteiger partial charge is 0.457 e. The molecular weight excluding hydrogens is 264 g/mol. The number of benzene rings is 1. The number of Topliss-reactive ketones (excluding diaryl/α,β-unsaturated/α-hetero) is 1. The lowest BCUT2D eigenvalue weighted by Crippen LogP contribution is -2.11. The molecule has 0 amide bonds. The van der Waals surface area contributed by atoms with Crippen LogP contribution in [0.3, 0.4) is 0 Å². The van der Waals surface area contributed by atoms with Crippen molar-refractivity contribution in [2.75, 3.05) is 12.9 Å². The fourth-order valence-corrected chi connectivity index (χ4v) is 2.16. The normalized spacial score (nSPS) is 10.4. The van der Waals surface area contributed by atoms with Crippen molar-refractivity contribution in [1.82, 2.24) is 9.97 Å². The Morgan fingerprint density at radius 3 is 2.79 bits per heavy atom. The van der Waals surface area contributed by atoms with Crippen molar-refractivity contribution in [3.8, 4) is 0 Å². The van der Waals surface area contributed by atoms with Gasteiger partial charge in [-0.2, -0.15) is 0 Å². The van der Waals surface area contributed by atoms with Crippen LogP contribution in [0.15, 0.2) is 29.6 Å². The van der Waals surface area contributed by atoms with Crippen LogP contribution >= 0.6 is 11.8 Å². The monoisotopic (exact) mass is 276 g/mol. The Kier molecular flexibility index (Phi) is 4.11. The van der Waals surface area contributed by atoms with E-state index in [1.807, 2.05) is 12.3 Å². The van der Waals surface area contributed by atoms with E-state index in [2.05, 4.69) is 14.7 Å². The van der Waals surface area contributed by atoms with Crippen molar-refractivity contribution in [3.05, 3.63) is 30.1 Å². The molecule has 1 heterocycles. The minimum atomic E-state index is -0.471. The fourth-order valence-electron chi connectivity index (χ4n) is 1.62. The summed E-state index contributed by atoms with van der Waals surface area (Å²) in [5.41, 5.74) is 1.17. The summed E-state index contributed by atoms with van der Waals surface area (Å²) in [6.07, 6.45) is 3.40. The summed E-state index contributed by atoms with van der Waals surface area (Å²) in [6.45, 7) is 1.02. The second-order valence-electron chi connectivity index (χ2n) is 3.82. The fraction of sp³-hybridized carbons (Fsp3) is 0.231. The van der Waals surface area contributed by atoms with Crippen molar-refractivity contribution in [1.29, 1.82) is 0 Å². The second-order valence-corrected chi connectivity index (χ2v) is 4.61. The highest BCUT2D eigenvalue weighted by Gasteiger charge is 2.10. The topological polar surface area (TPSA) is 69.2 Å². The number of fused-ring (bicyclic) bond motifs is 1. The molecule has 0 unspecified atom stereocenters. The first-order chi connectivity index (χ1) is 9.11. The molecule has 1 aromatic heterocycles. The van der Waals surface area contributed by atoms with Gasteiger partial charge in [-0.1, -0.05) is 6.07 Å². The van der Waals surface area contributed by atoms with Crippen LogP contribution in [0.4, 0.5) is 0 Å². The van der Waals surface area contributed by atoms with Gasteiger partial charge in [0.25, 0.3) is 0 Å². The maximum Gasteiger partial charge on any atom is 0.303 e. The van der Waals surface area contributed by atoms with Gasteiger partial charge in [-0.25, -0.2) is 9.97 Å². The van der Waals surface area contributed by atoms with Crippen LogP contribution in [0.25, 0.3) is 10.9 Å². The van der Waals surface area contributed by atoms with Crippen LogP contribution in [-0.2, 0) is 9.53 Å². The van der Waals surface area contributed by atoms with Gasteiger partial charge in [0, 0.05) is 17.9 Å². The predicted octanol–water partition coefficient (Wildman–Crippen LogP) is 2.10. The van der Waals surface area contributed by atoms with E-state index in [9.17, 15) is 9.59 Å². The average Bonchev–Trinajstić information content (AvgIpc) is 2.43. The summed E-state index contributed by atoms with van der Waals surface area (Å²) in [5.74, 6) is -0.720. The van der Waals surface area contributed by atoms with E-state index in [0.29, 0.717) is 11.1 Å². The quantitative estimate of drug-likeness (QED) is 0.368. The molecule has 0 saturated heterocycles. The molecule has 0 N–H and O–H groups in total. The van der Waals surface area contributed by atoms with Crippen LogP contribution in [0.5, 0.6) is 0 Å². The summed E-state index contributed by atoms with van der Waals surface area (Å²) >= 11 is 1.52. The standard InChI is InChI=1S/C13H12N2O3S/c1-8(16)18-6-12(17)9-3-4-10-11(5-9)14-7-15-13(10)19-2/h3-5,7H,6H2,1-2H3. The third kappa shape index (κ3) is 3.08. The minimum Gasteiger partial charge on any atom is -0.457 e. The number of hydrogen-bond donors (Lipinski definition) is 0. The third-order valence-corrected chi connectivity index (χ3v) is 3.23. The van der Waals surface area contributed by atoms with Crippen LogP contribution < -0.4 is 0 Å². The van der Waals surface area contributed by atoms with Crippen LogP contribution in [0.2, 0.25) is 0 Å². The molecule has 0 spiro atoms. The maximum absolute atomic E-state index is 11.8. The van der Waals surface area contributed by atoms with Gasteiger partial charge in [0.1, 0.15) is 11.4 Å². The van der Waals surface area contributed by atoms with Gasteiger partial charge < -0.3 is 4.74 Å². The van der Waals surface area contributed by atoms with Gasteiger partial charge in [-0.3, -0.25) is 9.59 Å². The maximum atomic E-state index is 11.8. The lowest BCUT2D eigenvalue weighted by Gasteiger charge is -2.05. The Labute approximate surface area is 114 Å². The highest BCUT2D eigenvalue weighted by atomic mass is 32.2. The molecule has 2 aromatic rings. The van der Waals surface area contributed by atoms with E-state index in [1.54, 1.807) is 12.1 Å². The van der Waals surface area contributed by atoms with E-state index < -0.39 is 5.97 Å². The number of carbonyl (C=O) groups is 2. The first-order valence-corrected chi connectivity index (χ1v) is 6.79. The number of hydrogen-bond acceptors (Lipinski definition) is 6. The Morgan fingerprint density at radius 2 is 2.11 bits per heavy atom. The van der Waals surface area contributed by atoms with Gasteiger partial charge in [-0.05, 0) is 18.4 Å². The zero-order chi connectivity index (χ0) is 13.8. The first-order valence-electron chi connectivity index (χ1n) is 5.57. The van der Waals surface area contributed by atoms with E-state index in [-0.39, 0.29) is 12.4 Å². The zero-order valence-electron chi connectivity index (χ0n) is 10.5. The number of ketones is 1. The molecule has 0 aliphatic heterocycles. The van der Waals surface area contributed by atoms with Crippen LogP contribution in [0, 0.1) is 0 Å². The highest BCUT2D eigenvalue weighted by molar-refractivity contribution is 7.98. The molecular formula is C13H12N2O3S. The second kappa shape index (κ2) is 5.79. The molecule has 1 aromatic carbocycles. The molecule has 0 atom stereocenters. The van der Waals surface area contributed by atoms with Crippen molar-refractivity contribution in [2.24, 2.45) is 0 Å². The van der Waals surface area contributed by atoms with Gasteiger partial charge in [0.2, 0.25) is 0 Å². The first kappa shape index (κ1) is 13.5. The number of aromatic nitrogens is 2. The number of nitrogens with zero attached hydrogens (tertiary/aromatic N) is 2. The Hall–Kier alpha value is -1.95. The Morgan fingerprint density at radius 1 is 1.32 bits per heavy atom. The Bertz CT molecular complexity index is 643. The molecule has 98 valence electrons. The zero-order valence-corrected chi connectivity index (χ0v) is 11.4. The summed E-state index contributed by atoms with van der Waals surface area (Å²) < 4.78 is 4.69. The van der Waals surface area contributed by atoms with E-state index >= 15 is 0 Å². The van der Waals surface area contributed by atoms with E-state index in [4.69, 9.17) is 0 Å². The molecule has 2 rings (SSSR count). The molecule has 5 nitrogen and oxygen atoms in total. The van der Waals surface area contributed by atoms with E-state index in [0.717, 1.165) is 10.4 Å². The average molecular weight is 276 g/mol. The van der Waals surface area contributed by atoms with Gasteiger partial charge in [0.15, 0.2) is 12.4 Å². The van der Waals surface area contributed by atoms with Crippen molar-refractivity contribution < 1.29 is 14.3 Å². The summed E-state index contributed by atoms with van der Waals surface area (Å²) in [4.78, 5) is 30.8. The lowest BCUT2D eigenvalue weighted by molar-refractivity contribution is -0.139. The van der Waals surface area contributed by atoms with Crippen LogP contribution in [0.1, 0.15) is 17.3 Å². The lowest BCUT2D eigenvalue weighted by atomic mass is 10.1. The smallest absolute Gasteiger partial charge is 0.303 e. The van der Waals surface area contributed by atoms with Gasteiger partial charge in [0.05, 0.1) is 5.52 Å². The van der Waals surface area contributed by atoms with Gasteiger partial charge in [-0.15, -0.1) is 11.8 Å². The summed E-state index contributed by atoms with van der Waals surface area (Å²) in [7, 11) is 0. The van der Waals surface area contributed by atoms with Crippen LogP contribution in [-0.4, -0.2) is 34.6 Å². The third-order valence-electron chi connectivity index (χ3n) is 2.52. The molecule has 19 heavy (non-hydrogen) atoms. The molecule has 6 heteroatoms. The molecule has 0 aliphatic carbocycles. The number of ether oxygens (including phenoxy) is 1.